The predicted molar refractivity (Wildman–Crippen MR) is 102 cm³/mol. The maximum Gasteiger partial charge on any atom is 0.150 e. The smallest absolute Gasteiger partial charge is 0.150 e. The van der Waals surface area contributed by atoms with Crippen LogP contribution in [0, 0.1) is 0 Å². The number of hydrogen-bond acceptors (Lipinski definition) is 3. The minimum Gasteiger partial charge on any atom is -0.495 e. The standard InChI is InChI=1S/C21H17BrO3/c1-24-21-19(11-16(13-23)12-20(21)22)17-7-9-18(10-8-17)25-14-15-5-3-2-4-6-15/h2-13H,14H2,1H3. The Balaban J connectivity index is 1.83. The van der Waals surface area contributed by atoms with Gasteiger partial charge in [-0.25, -0.2) is 0 Å². The summed E-state index contributed by atoms with van der Waals surface area (Å²) >= 11 is 3.45. The number of halogens is 1. The molecule has 25 heavy (non-hydrogen) atoms. The van der Waals surface area contributed by atoms with Crippen LogP contribution in [0.2, 0.25) is 0 Å². The number of aldehydes is 1. The fourth-order valence-electron chi connectivity index (χ4n) is 2.58. The first-order valence-corrected chi connectivity index (χ1v) is 8.60. The lowest BCUT2D eigenvalue weighted by atomic mass is 10.0. The molecule has 0 saturated heterocycles. The molecule has 3 nitrogen and oxygen atoms in total. The highest BCUT2D eigenvalue weighted by Crippen LogP contribution is 2.37. The topological polar surface area (TPSA) is 35.5 Å². The number of carbonyl (C=O) groups is 1. The van der Waals surface area contributed by atoms with Crippen LogP contribution in [-0.2, 0) is 6.61 Å². The molecule has 3 rings (SSSR count). The summed E-state index contributed by atoms with van der Waals surface area (Å²) in [7, 11) is 1.61. The van der Waals surface area contributed by atoms with E-state index in [1.165, 1.54) is 0 Å². The molecule has 3 aromatic carbocycles. The molecular formula is C21H17BrO3. The SMILES string of the molecule is COc1c(Br)cc(C=O)cc1-c1ccc(OCc2ccccc2)cc1. The molecule has 0 atom stereocenters. The summed E-state index contributed by atoms with van der Waals surface area (Å²) in [4.78, 5) is 11.1. The summed E-state index contributed by atoms with van der Waals surface area (Å²) < 4.78 is 12.0. The van der Waals surface area contributed by atoms with Crippen molar-refractivity contribution in [3.63, 3.8) is 0 Å². The second-order valence-corrected chi connectivity index (χ2v) is 6.35. The predicted octanol–water partition coefficient (Wildman–Crippen LogP) is 5.52. The van der Waals surface area contributed by atoms with Gasteiger partial charge in [-0.05, 0) is 51.3 Å². The van der Waals surface area contributed by atoms with E-state index in [9.17, 15) is 4.79 Å². The Bertz CT molecular complexity index is 858. The fourth-order valence-corrected chi connectivity index (χ4v) is 3.22. The molecule has 0 N–H and O–H groups in total. The Kier molecular flexibility index (Phi) is 5.51. The van der Waals surface area contributed by atoms with Crippen molar-refractivity contribution in [1.29, 1.82) is 0 Å². The van der Waals surface area contributed by atoms with Crippen LogP contribution in [0.5, 0.6) is 11.5 Å². The van der Waals surface area contributed by atoms with Crippen molar-refractivity contribution < 1.29 is 14.3 Å². The molecule has 0 radical (unpaired) electrons. The largest absolute Gasteiger partial charge is 0.495 e. The van der Waals surface area contributed by atoms with Gasteiger partial charge in [0.2, 0.25) is 0 Å². The van der Waals surface area contributed by atoms with Crippen molar-refractivity contribution in [2.24, 2.45) is 0 Å². The van der Waals surface area contributed by atoms with E-state index in [0.717, 1.165) is 33.2 Å². The molecule has 0 saturated carbocycles. The monoisotopic (exact) mass is 396 g/mol. The maximum atomic E-state index is 11.1. The fraction of sp³-hybridized carbons (Fsp3) is 0.0952. The molecule has 0 unspecified atom stereocenters. The average Bonchev–Trinajstić information content (AvgIpc) is 2.67. The lowest BCUT2D eigenvalue weighted by Crippen LogP contribution is -1.95. The third kappa shape index (κ3) is 4.09. The Hall–Kier alpha value is -2.59. The Morgan fingerprint density at radius 1 is 1.00 bits per heavy atom. The molecule has 0 heterocycles. The summed E-state index contributed by atoms with van der Waals surface area (Å²) in [5.74, 6) is 1.49. The van der Waals surface area contributed by atoms with E-state index in [1.54, 1.807) is 13.2 Å². The second-order valence-electron chi connectivity index (χ2n) is 5.50. The van der Waals surface area contributed by atoms with Crippen molar-refractivity contribution in [3.8, 4) is 22.6 Å². The Labute approximate surface area is 155 Å². The number of methoxy groups -OCH3 is 1. The van der Waals surface area contributed by atoms with Crippen LogP contribution < -0.4 is 9.47 Å². The van der Waals surface area contributed by atoms with Gasteiger partial charge >= 0.3 is 0 Å². The highest BCUT2D eigenvalue weighted by Gasteiger charge is 2.12. The van der Waals surface area contributed by atoms with E-state index >= 15 is 0 Å². The molecule has 3 aromatic rings. The average molecular weight is 397 g/mol. The minimum atomic E-state index is 0.523. The van der Waals surface area contributed by atoms with Crippen LogP contribution >= 0.6 is 15.9 Å². The molecule has 4 heteroatoms. The highest BCUT2D eigenvalue weighted by atomic mass is 79.9. The van der Waals surface area contributed by atoms with Gasteiger partial charge in [0.1, 0.15) is 24.4 Å². The van der Waals surface area contributed by atoms with Crippen LogP contribution in [0.1, 0.15) is 15.9 Å². The van der Waals surface area contributed by atoms with Gasteiger partial charge in [0.05, 0.1) is 11.6 Å². The lowest BCUT2D eigenvalue weighted by Gasteiger charge is -2.12. The van der Waals surface area contributed by atoms with Gasteiger partial charge in [-0.2, -0.15) is 0 Å². The van der Waals surface area contributed by atoms with Crippen molar-refractivity contribution >= 4 is 22.2 Å². The van der Waals surface area contributed by atoms with E-state index < -0.39 is 0 Å². The molecule has 0 aliphatic rings. The van der Waals surface area contributed by atoms with Crippen molar-refractivity contribution in [1.82, 2.24) is 0 Å². The van der Waals surface area contributed by atoms with Gasteiger partial charge in [0.15, 0.2) is 0 Å². The van der Waals surface area contributed by atoms with Crippen LogP contribution in [0.25, 0.3) is 11.1 Å². The minimum absolute atomic E-state index is 0.523. The van der Waals surface area contributed by atoms with Gasteiger partial charge in [0.25, 0.3) is 0 Å². The van der Waals surface area contributed by atoms with Gasteiger partial charge in [0, 0.05) is 11.1 Å². The number of ether oxygens (including phenoxy) is 2. The molecule has 0 fully saturated rings. The van der Waals surface area contributed by atoms with E-state index in [4.69, 9.17) is 9.47 Å². The van der Waals surface area contributed by atoms with E-state index in [1.807, 2.05) is 60.7 Å². The summed E-state index contributed by atoms with van der Waals surface area (Å²) in [5.41, 5.74) is 3.52. The van der Waals surface area contributed by atoms with E-state index in [-0.39, 0.29) is 0 Å². The number of hydrogen-bond donors (Lipinski definition) is 0. The van der Waals surface area contributed by atoms with Gasteiger partial charge in [-0.1, -0.05) is 42.5 Å². The highest BCUT2D eigenvalue weighted by molar-refractivity contribution is 9.10. The zero-order valence-corrected chi connectivity index (χ0v) is 15.3. The quantitative estimate of drug-likeness (QED) is 0.514. The van der Waals surface area contributed by atoms with Crippen molar-refractivity contribution in [2.75, 3.05) is 7.11 Å². The number of rotatable bonds is 6. The Morgan fingerprint density at radius 2 is 1.72 bits per heavy atom. The normalized spacial score (nSPS) is 10.3. The maximum absolute atomic E-state index is 11.1. The van der Waals surface area contributed by atoms with Crippen LogP contribution in [0.15, 0.2) is 71.2 Å². The Morgan fingerprint density at radius 3 is 2.36 bits per heavy atom. The van der Waals surface area contributed by atoms with Gasteiger partial charge in [-0.15, -0.1) is 0 Å². The lowest BCUT2D eigenvalue weighted by molar-refractivity contribution is 0.112. The zero-order valence-electron chi connectivity index (χ0n) is 13.7. The molecule has 0 aliphatic heterocycles. The van der Waals surface area contributed by atoms with E-state index in [0.29, 0.717) is 17.9 Å². The van der Waals surface area contributed by atoms with E-state index in [2.05, 4.69) is 15.9 Å². The first-order chi connectivity index (χ1) is 12.2. The summed E-state index contributed by atoms with van der Waals surface area (Å²) in [6.45, 7) is 0.523. The van der Waals surface area contributed by atoms with Gasteiger partial charge < -0.3 is 9.47 Å². The molecule has 0 spiro atoms. The molecule has 0 bridgehead atoms. The number of benzene rings is 3. The first-order valence-electron chi connectivity index (χ1n) is 7.81. The van der Waals surface area contributed by atoms with Crippen molar-refractivity contribution in [2.45, 2.75) is 6.61 Å². The third-order valence-electron chi connectivity index (χ3n) is 3.82. The van der Waals surface area contributed by atoms with Crippen LogP contribution in [-0.4, -0.2) is 13.4 Å². The summed E-state index contributed by atoms with van der Waals surface area (Å²) in [6.07, 6.45) is 0.824. The van der Waals surface area contributed by atoms with Crippen LogP contribution in [0.3, 0.4) is 0 Å². The molecule has 0 aliphatic carbocycles. The summed E-state index contributed by atoms with van der Waals surface area (Å²) in [5, 5.41) is 0. The third-order valence-corrected chi connectivity index (χ3v) is 4.41. The molecule has 126 valence electrons. The van der Waals surface area contributed by atoms with Crippen LogP contribution in [0.4, 0.5) is 0 Å². The molecule has 0 amide bonds. The molecule has 0 aromatic heterocycles. The zero-order chi connectivity index (χ0) is 17.6. The number of carbonyl (C=O) groups excluding carboxylic acids is 1. The summed E-state index contributed by atoms with van der Waals surface area (Å²) in [6, 6.07) is 21.3. The van der Waals surface area contributed by atoms with Gasteiger partial charge in [-0.3, -0.25) is 4.79 Å². The molecular weight excluding hydrogens is 380 g/mol. The van der Waals surface area contributed by atoms with Crippen molar-refractivity contribution in [3.05, 3.63) is 82.3 Å². The first kappa shape index (κ1) is 17.2. The second kappa shape index (κ2) is 7.99.